The van der Waals surface area contributed by atoms with Crippen molar-refractivity contribution in [3.63, 3.8) is 0 Å². The third-order valence-corrected chi connectivity index (χ3v) is 8.68. The maximum absolute atomic E-state index is 15.1. The number of hydrogen-bond acceptors (Lipinski definition) is 7. The van der Waals surface area contributed by atoms with Gasteiger partial charge in [-0.15, -0.1) is 11.3 Å². The molecule has 12 heteroatoms. The highest BCUT2D eigenvalue weighted by molar-refractivity contribution is 7.16. The monoisotopic (exact) mass is 604 g/mol. The highest BCUT2D eigenvalue weighted by Gasteiger charge is 2.28. The molecule has 2 N–H and O–H groups in total. The number of halogens is 3. The van der Waals surface area contributed by atoms with Gasteiger partial charge >= 0.3 is 0 Å². The van der Waals surface area contributed by atoms with Crippen LogP contribution in [-0.2, 0) is 0 Å². The van der Waals surface area contributed by atoms with Gasteiger partial charge in [-0.25, -0.2) is 23.4 Å². The summed E-state index contributed by atoms with van der Waals surface area (Å²) in [7, 11) is 0. The molecule has 0 aliphatic heterocycles. The van der Waals surface area contributed by atoms with Crippen LogP contribution in [0, 0.1) is 11.6 Å². The number of nitrogen functional groups attached to an aromatic ring is 1. The zero-order valence-corrected chi connectivity index (χ0v) is 23.8. The van der Waals surface area contributed by atoms with E-state index in [0.29, 0.717) is 50.2 Å². The van der Waals surface area contributed by atoms with Gasteiger partial charge in [-0.2, -0.15) is 5.10 Å². The number of anilines is 1. The quantitative estimate of drug-likeness (QED) is 0.213. The summed E-state index contributed by atoms with van der Waals surface area (Å²) in [6, 6.07) is 11.9. The predicted octanol–water partition coefficient (Wildman–Crippen LogP) is 6.89. The van der Waals surface area contributed by atoms with Crippen LogP contribution in [0.25, 0.3) is 38.2 Å². The van der Waals surface area contributed by atoms with E-state index in [9.17, 15) is 9.18 Å². The summed E-state index contributed by atoms with van der Waals surface area (Å²) in [6.07, 6.45) is 3.69. The summed E-state index contributed by atoms with van der Waals surface area (Å²) in [5.41, 5.74) is 8.55. The van der Waals surface area contributed by atoms with Crippen molar-refractivity contribution in [3.05, 3.63) is 92.9 Å². The number of nitrogens with zero attached hydrogens (tertiary/aromatic N) is 5. The van der Waals surface area contributed by atoms with Crippen LogP contribution in [0.5, 0.6) is 5.75 Å². The van der Waals surface area contributed by atoms with Crippen LogP contribution < -0.4 is 16.0 Å². The number of aromatic nitrogens is 5. The molecule has 8 nitrogen and oxygen atoms in total. The molecular weight excluding hydrogens is 582 g/mol. The predicted molar refractivity (Wildman–Crippen MR) is 159 cm³/mol. The normalized spacial score (nSPS) is 14.1. The highest BCUT2D eigenvalue weighted by atomic mass is 35.5. The molecule has 42 heavy (non-hydrogen) atoms. The highest BCUT2D eigenvalue weighted by Crippen LogP contribution is 2.39. The Balaban J connectivity index is 1.46. The number of hydrogen-bond donors (Lipinski definition) is 1. The molecule has 7 rings (SSSR count). The van der Waals surface area contributed by atoms with Crippen molar-refractivity contribution in [1.29, 1.82) is 0 Å². The molecule has 1 aliphatic carbocycles. The summed E-state index contributed by atoms with van der Waals surface area (Å²) in [4.78, 5) is 23.2. The zero-order valence-electron chi connectivity index (χ0n) is 22.2. The Labute approximate surface area is 247 Å². The summed E-state index contributed by atoms with van der Waals surface area (Å²) in [6.45, 7) is 1.95. The number of rotatable bonds is 7. The fourth-order valence-electron chi connectivity index (χ4n) is 5.30. The van der Waals surface area contributed by atoms with E-state index in [-0.39, 0.29) is 28.4 Å². The Bertz CT molecular complexity index is 2070. The van der Waals surface area contributed by atoms with Crippen LogP contribution in [0.3, 0.4) is 0 Å². The average Bonchev–Trinajstić information content (AvgIpc) is 3.59. The van der Waals surface area contributed by atoms with E-state index in [1.807, 2.05) is 13.0 Å². The Hall–Kier alpha value is -4.35. The number of thiazole rings is 1. The largest absolute Gasteiger partial charge is 0.487 e. The van der Waals surface area contributed by atoms with Gasteiger partial charge in [0.25, 0.3) is 5.56 Å². The Morgan fingerprint density at radius 2 is 1.98 bits per heavy atom. The first kappa shape index (κ1) is 26.5. The maximum Gasteiger partial charge on any atom is 0.265 e. The summed E-state index contributed by atoms with van der Waals surface area (Å²) in [5, 5.41) is 7.30. The average molecular weight is 605 g/mol. The molecule has 0 unspecified atom stereocenters. The molecule has 0 bridgehead atoms. The Morgan fingerprint density at radius 3 is 2.71 bits per heavy atom. The van der Waals surface area contributed by atoms with Gasteiger partial charge in [0, 0.05) is 10.9 Å². The van der Waals surface area contributed by atoms with Crippen LogP contribution >= 0.6 is 22.9 Å². The lowest BCUT2D eigenvalue weighted by atomic mass is 9.95. The number of nitrogens with two attached hydrogens (primary N) is 1. The van der Waals surface area contributed by atoms with Gasteiger partial charge in [0.2, 0.25) is 0 Å². The SMILES string of the molecule is CC[C@@H](c1cc2scc(Cl)n2c(=O)c1-c1cccc(F)c1)n1nc(-c2ccc(OC3CC3)c(F)c2)c2c(N)ncnc21. The van der Waals surface area contributed by atoms with Crippen LogP contribution in [0.2, 0.25) is 5.15 Å². The molecule has 1 atom stereocenters. The van der Waals surface area contributed by atoms with Crippen LogP contribution in [-0.4, -0.2) is 30.3 Å². The van der Waals surface area contributed by atoms with Crippen LogP contribution in [0.1, 0.15) is 37.8 Å². The molecule has 0 amide bonds. The second-order valence-corrected chi connectivity index (χ2v) is 11.4. The lowest BCUT2D eigenvalue weighted by Gasteiger charge is -2.20. The molecule has 2 aromatic carbocycles. The molecule has 4 aromatic heterocycles. The minimum absolute atomic E-state index is 0.0478. The molecule has 0 spiro atoms. The molecule has 1 fully saturated rings. The number of fused-ring (bicyclic) bond motifs is 2. The molecule has 1 saturated carbocycles. The van der Waals surface area contributed by atoms with E-state index in [0.717, 1.165) is 12.8 Å². The van der Waals surface area contributed by atoms with Gasteiger partial charge in [-0.3, -0.25) is 9.20 Å². The number of benzene rings is 2. The van der Waals surface area contributed by atoms with Crippen molar-refractivity contribution >= 4 is 44.6 Å². The van der Waals surface area contributed by atoms with Crippen molar-refractivity contribution in [1.82, 2.24) is 24.1 Å². The van der Waals surface area contributed by atoms with E-state index in [2.05, 4.69) is 9.97 Å². The first-order chi connectivity index (χ1) is 20.3. The van der Waals surface area contributed by atoms with Gasteiger partial charge in [-0.1, -0.05) is 30.7 Å². The number of pyridine rings is 1. The second-order valence-electron chi connectivity index (χ2n) is 10.2. The first-order valence-corrected chi connectivity index (χ1v) is 14.6. The van der Waals surface area contributed by atoms with Gasteiger partial charge in [0.15, 0.2) is 17.2 Å². The lowest BCUT2D eigenvalue weighted by molar-refractivity contribution is 0.287. The fraction of sp³-hybridized carbons (Fsp3) is 0.200. The standard InChI is InChI=1S/C30H23ClF2N6O2S/c1-2-21(19-12-24-38(23(31)13-42-24)30(40)25(19)15-4-3-5-17(32)10-15)39-29-26(28(34)35-14-36-29)27(37-39)16-6-9-22(20(33)11-16)41-18-7-8-18/h3-6,9-14,18,21H,2,7-8H2,1H3,(H2,34,35,36)/t21-/m0/s1. The second kappa shape index (κ2) is 10.2. The molecule has 4 heterocycles. The van der Waals surface area contributed by atoms with Crippen LogP contribution in [0.15, 0.2) is 65.0 Å². The van der Waals surface area contributed by atoms with Gasteiger partial charge in [0.05, 0.1) is 23.1 Å². The van der Waals surface area contributed by atoms with Crippen molar-refractivity contribution in [2.75, 3.05) is 5.73 Å². The van der Waals surface area contributed by atoms with Crippen molar-refractivity contribution in [2.45, 2.75) is 38.3 Å². The van der Waals surface area contributed by atoms with E-state index in [1.54, 1.807) is 34.3 Å². The molecule has 212 valence electrons. The van der Waals surface area contributed by atoms with Gasteiger partial charge in [-0.05, 0) is 66.8 Å². The minimum atomic E-state index is -0.533. The maximum atomic E-state index is 15.1. The molecule has 1 aliphatic rings. The van der Waals surface area contributed by atoms with E-state index in [1.165, 1.54) is 40.3 Å². The molecule has 0 saturated heterocycles. The Kier molecular flexibility index (Phi) is 6.43. The molecular formula is C30H23ClF2N6O2S. The van der Waals surface area contributed by atoms with E-state index in [4.69, 9.17) is 27.2 Å². The van der Waals surface area contributed by atoms with Crippen LogP contribution in [0.4, 0.5) is 14.6 Å². The van der Waals surface area contributed by atoms with Gasteiger partial charge in [0.1, 0.15) is 33.6 Å². The van der Waals surface area contributed by atoms with E-state index < -0.39 is 17.7 Å². The topological polar surface area (TPSA) is 100 Å². The smallest absolute Gasteiger partial charge is 0.265 e. The fourth-order valence-corrected chi connectivity index (χ4v) is 6.46. The summed E-state index contributed by atoms with van der Waals surface area (Å²) >= 11 is 7.70. The third kappa shape index (κ3) is 4.40. The van der Waals surface area contributed by atoms with Crippen molar-refractivity contribution in [3.8, 4) is 28.1 Å². The molecule has 0 radical (unpaired) electrons. The number of ether oxygens (including phenoxy) is 1. The zero-order chi connectivity index (χ0) is 29.1. The summed E-state index contributed by atoms with van der Waals surface area (Å²) < 4.78 is 38.3. The van der Waals surface area contributed by atoms with Crippen molar-refractivity contribution < 1.29 is 13.5 Å². The third-order valence-electron chi connectivity index (χ3n) is 7.39. The minimum Gasteiger partial charge on any atom is -0.487 e. The van der Waals surface area contributed by atoms with Crippen molar-refractivity contribution in [2.24, 2.45) is 0 Å². The molecule has 6 aromatic rings. The van der Waals surface area contributed by atoms with Gasteiger partial charge < -0.3 is 10.5 Å². The first-order valence-electron chi connectivity index (χ1n) is 13.4. The Morgan fingerprint density at radius 1 is 1.14 bits per heavy atom. The lowest BCUT2D eigenvalue weighted by Crippen LogP contribution is -2.21. The summed E-state index contributed by atoms with van der Waals surface area (Å²) in [5.74, 6) is -0.619. The van der Waals surface area contributed by atoms with E-state index >= 15 is 4.39 Å².